The van der Waals surface area contributed by atoms with Crippen molar-refractivity contribution in [2.45, 2.75) is 26.5 Å². The Morgan fingerprint density at radius 2 is 1.96 bits per heavy atom. The molecule has 1 aliphatic heterocycles. The van der Waals surface area contributed by atoms with Crippen LogP contribution in [0.3, 0.4) is 0 Å². The maximum absolute atomic E-state index is 8.88. The van der Waals surface area contributed by atoms with E-state index in [4.69, 9.17) is 14.5 Å². The molecule has 0 radical (unpaired) electrons. The average molecular weight is 341 g/mol. The number of nitrogens with zero attached hydrogens (tertiary/aromatic N) is 5. The van der Waals surface area contributed by atoms with Crippen molar-refractivity contribution in [2.24, 2.45) is 0 Å². The monoisotopic (exact) mass is 341 g/mol. The molecule has 3 rings (SSSR count). The van der Waals surface area contributed by atoms with Gasteiger partial charge in [-0.2, -0.15) is 10.2 Å². The van der Waals surface area contributed by atoms with E-state index < -0.39 is 0 Å². The topological polar surface area (TPSA) is 78.4 Å². The fourth-order valence-corrected chi connectivity index (χ4v) is 2.92. The SMILES string of the molecule is CCOC(C)c1noc(CN2CCN(c3ccc(C#N)cc3)CC2)n1. The van der Waals surface area contributed by atoms with Crippen LogP contribution in [0.1, 0.15) is 37.2 Å². The maximum Gasteiger partial charge on any atom is 0.240 e. The molecule has 0 saturated carbocycles. The Balaban J connectivity index is 1.51. The van der Waals surface area contributed by atoms with E-state index in [0.29, 0.717) is 30.4 Å². The minimum Gasteiger partial charge on any atom is -0.371 e. The summed E-state index contributed by atoms with van der Waals surface area (Å²) in [5, 5.41) is 12.9. The van der Waals surface area contributed by atoms with Crippen LogP contribution in [0.5, 0.6) is 0 Å². The van der Waals surface area contributed by atoms with Gasteiger partial charge in [-0.05, 0) is 38.1 Å². The molecule has 1 atom stereocenters. The lowest BCUT2D eigenvalue weighted by atomic mass is 10.2. The first-order valence-electron chi connectivity index (χ1n) is 8.61. The first-order valence-corrected chi connectivity index (χ1v) is 8.61. The molecule has 1 saturated heterocycles. The number of hydrogen-bond acceptors (Lipinski definition) is 7. The van der Waals surface area contributed by atoms with Gasteiger partial charge >= 0.3 is 0 Å². The van der Waals surface area contributed by atoms with Crippen molar-refractivity contribution in [3.05, 3.63) is 41.5 Å². The zero-order valence-corrected chi connectivity index (χ0v) is 14.7. The lowest BCUT2D eigenvalue weighted by Crippen LogP contribution is -2.46. The van der Waals surface area contributed by atoms with E-state index in [9.17, 15) is 0 Å². The van der Waals surface area contributed by atoms with Gasteiger partial charge < -0.3 is 14.2 Å². The second-order valence-electron chi connectivity index (χ2n) is 6.07. The van der Waals surface area contributed by atoms with Gasteiger partial charge in [0.15, 0.2) is 5.82 Å². The molecule has 25 heavy (non-hydrogen) atoms. The summed E-state index contributed by atoms with van der Waals surface area (Å²) >= 11 is 0. The highest BCUT2D eigenvalue weighted by Crippen LogP contribution is 2.18. The molecule has 7 nitrogen and oxygen atoms in total. The number of anilines is 1. The van der Waals surface area contributed by atoms with Gasteiger partial charge in [-0.3, -0.25) is 4.90 Å². The van der Waals surface area contributed by atoms with Crippen LogP contribution in [-0.4, -0.2) is 47.8 Å². The fraction of sp³-hybridized carbons (Fsp3) is 0.500. The second kappa shape index (κ2) is 8.10. The number of nitriles is 1. The van der Waals surface area contributed by atoms with Crippen molar-refractivity contribution in [2.75, 3.05) is 37.7 Å². The normalized spacial score (nSPS) is 16.6. The molecule has 0 bridgehead atoms. The minimum absolute atomic E-state index is 0.143. The van der Waals surface area contributed by atoms with Crippen LogP contribution < -0.4 is 4.90 Å². The van der Waals surface area contributed by atoms with Gasteiger partial charge in [0.05, 0.1) is 18.2 Å². The highest BCUT2D eigenvalue weighted by molar-refractivity contribution is 5.50. The molecular formula is C18H23N5O2. The highest BCUT2D eigenvalue weighted by atomic mass is 16.5. The largest absolute Gasteiger partial charge is 0.371 e. The van der Waals surface area contributed by atoms with E-state index in [1.54, 1.807) is 0 Å². The van der Waals surface area contributed by atoms with E-state index >= 15 is 0 Å². The standard InChI is InChI=1S/C18H23N5O2/c1-3-24-14(2)18-20-17(25-21-18)13-22-8-10-23(11-9-22)16-6-4-15(12-19)5-7-16/h4-7,14H,3,8-11,13H2,1-2H3. The Bertz CT molecular complexity index is 714. The Morgan fingerprint density at radius 3 is 2.60 bits per heavy atom. The predicted molar refractivity (Wildman–Crippen MR) is 93.0 cm³/mol. The average Bonchev–Trinajstić information content (AvgIpc) is 3.11. The van der Waals surface area contributed by atoms with Crippen molar-refractivity contribution < 1.29 is 9.26 Å². The molecule has 132 valence electrons. The summed E-state index contributed by atoms with van der Waals surface area (Å²) in [7, 11) is 0. The van der Waals surface area contributed by atoms with Crippen LogP contribution in [0.25, 0.3) is 0 Å². The molecule has 0 N–H and O–H groups in total. The van der Waals surface area contributed by atoms with Crippen molar-refractivity contribution >= 4 is 5.69 Å². The molecule has 0 spiro atoms. The smallest absolute Gasteiger partial charge is 0.240 e. The molecule has 2 aromatic rings. The second-order valence-corrected chi connectivity index (χ2v) is 6.07. The Morgan fingerprint density at radius 1 is 1.24 bits per heavy atom. The van der Waals surface area contributed by atoms with E-state index in [2.05, 4.69) is 26.0 Å². The van der Waals surface area contributed by atoms with E-state index in [1.165, 1.54) is 0 Å². The third-order valence-corrected chi connectivity index (χ3v) is 4.36. The molecule has 1 aromatic carbocycles. The summed E-state index contributed by atoms with van der Waals surface area (Å²) in [5.74, 6) is 1.24. The quantitative estimate of drug-likeness (QED) is 0.798. The van der Waals surface area contributed by atoms with Crippen molar-refractivity contribution in [1.82, 2.24) is 15.0 Å². The van der Waals surface area contributed by atoms with Crippen LogP contribution >= 0.6 is 0 Å². The summed E-state index contributed by atoms with van der Waals surface area (Å²) in [6.45, 7) is 8.89. The third kappa shape index (κ3) is 4.35. The Hall–Kier alpha value is -2.43. The number of ether oxygens (including phenoxy) is 1. The first kappa shape index (κ1) is 17.4. The molecular weight excluding hydrogens is 318 g/mol. The highest BCUT2D eigenvalue weighted by Gasteiger charge is 2.20. The zero-order valence-electron chi connectivity index (χ0n) is 14.7. The summed E-state index contributed by atoms with van der Waals surface area (Å²) < 4.78 is 10.8. The predicted octanol–water partition coefficient (Wildman–Crippen LogP) is 2.36. The third-order valence-electron chi connectivity index (χ3n) is 4.36. The van der Waals surface area contributed by atoms with Crippen LogP contribution in [0.15, 0.2) is 28.8 Å². The number of aromatic nitrogens is 2. The summed E-state index contributed by atoms with van der Waals surface area (Å²) in [4.78, 5) is 9.07. The van der Waals surface area contributed by atoms with Crippen LogP contribution in [0, 0.1) is 11.3 Å². The maximum atomic E-state index is 8.88. The van der Waals surface area contributed by atoms with Gasteiger partial charge in [0, 0.05) is 38.5 Å². The van der Waals surface area contributed by atoms with Gasteiger partial charge in [0.25, 0.3) is 0 Å². The molecule has 2 heterocycles. The van der Waals surface area contributed by atoms with Crippen molar-refractivity contribution in [3.8, 4) is 6.07 Å². The molecule has 1 fully saturated rings. The van der Waals surface area contributed by atoms with Crippen molar-refractivity contribution in [3.63, 3.8) is 0 Å². The molecule has 1 unspecified atom stereocenters. The van der Waals surface area contributed by atoms with Gasteiger partial charge in [0.2, 0.25) is 5.89 Å². The molecule has 0 aliphatic carbocycles. The van der Waals surface area contributed by atoms with Gasteiger partial charge in [0.1, 0.15) is 6.10 Å². The van der Waals surface area contributed by atoms with E-state index in [0.717, 1.165) is 31.9 Å². The minimum atomic E-state index is -0.143. The number of hydrogen-bond donors (Lipinski definition) is 0. The lowest BCUT2D eigenvalue weighted by Gasteiger charge is -2.35. The van der Waals surface area contributed by atoms with E-state index in [1.807, 2.05) is 38.1 Å². The van der Waals surface area contributed by atoms with Gasteiger partial charge in [-0.1, -0.05) is 5.16 Å². The summed E-state index contributed by atoms with van der Waals surface area (Å²) in [6.07, 6.45) is -0.143. The van der Waals surface area contributed by atoms with E-state index in [-0.39, 0.29) is 6.10 Å². The van der Waals surface area contributed by atoms with Gasteiger partial charge in [-0.15, -0.1) is 0 Å². The number of benzene rings is 1. The first-order chi connectivity index (χ1) is 12.2. The Labute approximate surface area is 147 Å². The zero-order chi connectivity index (χ0) is 17.6. The number of piperazine rings is 1. The van der Waals surface area contributed by atoms with Crippen LogP contribution in [-0.2, 0) is 11.3 Å². The summed E-state index contributed by atoms with van der Waals surface area (Å²) in [5.41, 5.74) is 1.85. The lowest BCUT2D eigenvalue weighted by molar-refractivity contribution is 0.0683. The molecule has 1 aliphatic rings. The Kier molecular flexibility index (Phi) is 5.64. The van der Waals surface area contributed by atoms with Crippen LogP contribution in [0.4, 0.5) is 5.69 Å². The van der Waals surface area contributed by atoms with Gasteiger partial charge in [-0.25, -0.2) is 0 Å². The number of rotatable bonds is 6. The molecule has 0 amide bonds. The molecule has 7 heteroatoms. The van der Waals surface area contributed by atoms with Crippen molar-refractivity contribution in [1.29, 1.82) is 5.26 Å². The summed E-state index contributed by atoms with van der Waals surface area (Å²) in [6, 6.07) is 9.89. The fourth-order valence-electron chi connectivity index (χ4n) is 2.92. The molecule has 1 aromatic heterocycles. The van der Waals surface area contributed by atoms with Crippen LogP contribution in [0.2, 0.25) is 0 Å².